The maximum atomic E-state index is 9.43. The Hall–Kier alpha value is -5.53. The zero-order valence-corrected chi connectivity index (χ0v) is 20.9. The summed E-state index contributed by atoms with van der Waals surface area (Å²) in [5.74, 6) is 0. The van der Waals surface area contributed by atoms with E-state index in [-0.39, 0.29) is 0 Å². The zero-order chi connectivity index (χ0) is 26.2. The molecular formula is C35H21N3O. The fourth-order valence-corrected chi connectivity index (χ4v) is 5.21. The van der Waals surface area contributed by atoms with E-state index in [0.29, 0.717) is 5.56 Å². The molecule has 0 aliphatic rings. The summed E-state index contributed by atoms with van der Waals surface area (Å²) >= 11 is 0. The second-order valence-corrected chi connectivity index (χ2v) is 9.44. The summed E-state index contributed by atoms with van der Waals surface area (Å²) in [5, 5.41) is 11.5. The highest BCUT2D eigenvalue weighted by molar-refractivity contribution is 6.13. The third kappa shape index (κ3) is 4.03. The Balaban J connectivity index is 1.47. The van der Waals surface area contributed by atoms with Crippen molar-refractivity contribution in [3.63, 3.8) is 0 Å². The van der Waals surface area contributed by atoms with Crippen LogP contribution in [0.25, 0.3) is 66.4 Å². The molecule has 0 spiro atoms. The quantitative estimate of drug-likeness (QED) is 0.242. The second-order valence-electron chi connectivity index (χ2n) is 9.44. The van der Waals surface area contributed by atoms with Crippen LogP contribution in [0.4, 0.5) is 0 Å². The highest BCUT2D eigenvalue weighted by Crippen LogP contribution is 2.41. The fourth-order valence-electron chi connectivity index (χ4n) is 5.21. The fraction of sp³-hybridized carbons (Fsp3) is 0. The van der Waals surface area contributed by atoms with Crippen LogP contribution in [0.5, 0.6) is 0 Å². The van der Waals surface area contributed by atoms with Gasteiger partial charge in [0.15, 0.2) is 0 Å². The van der Waals surface area contributed by atoms with Gasteiger partial charge in [-0.3, -0.25) is 9.97 Å². The molecule has 0 amide bonds. The first-order valence-corrected chi connectivity index (χ1v) is 12.7. The lowest BCUT2D eigenvalue weighted by molar-refractivity contribution is 0.671. The summed E-state index contributed by atoms with van der Waals surface area (Å²) in [5.41, 5.74) is 10.5. The van der Waals surface area contributed by atoms with Crippen molar-refractivity contribution >= 4 is 21.9 Å². The SMILES string of the molecule is N#Cc1cccc(-c2cccc3c2oc2c(-c4cc(-c5cccnc5)cc(-c5cccnc5)c4)cccc23)c1. The summed E-state index contributed by atoms with van der Waals surface area (Å²) in [6.45, 7) is 0. The minimum Gasteiger partial charge on any atom is -0.455 e. The van der Waals surface area contributed by atoms with Gasteiger partial charge in [0.25, 0.3) is 0 Å². The number of para-hydroxylation sites is 2. The lowest BCUT2D eigenvalue weighted by atomic mass is 9.93. The number of rotatable bonds is 4. The minimum atomic E-state index is 0.622. The van der Waals surface area contributed by atoms with E-state index in [9.17, 15) is 5.26 Å². The average Bonchev–Trinajstić information content (AvgIpc) is 3.41. The summed E-state index contributed by atoms with van der Waals surface area (Å²) in [7, 11) is 0. The molecule has 0 radical (unpaired) electrons. The average molecular weight is 500 g/mol. The van der Waals surface area contributed by atoms with Crippen molar-refractivity contribution in [1.82, 2.24) is 9.97 Å². The van der Waals surface area contributed by atoms with Gasteiger partial charge in [0, 0.05) is 57.8 Å². The van der Waals surface area contributed by atoms with E-state index in [4.69, 9.17) is 4.42 Å². The number of furan rings is 1. The molecule has 0 aliphatic heterocycles. The van der Waals surface area contributed by atoms with Crippen molar-refractivity contribution in [3.05, 3.63) is 133 Å². The van der Waals surface area contributed by atoms with Gasteiger partial charge in [-0.05, 0) is 64.7 Å². The van der Waals surface area contributed by atoms with Gasteiger partial charge in [-0.2, -0.15) is 5.26 Å². The molecule has 0 bridgehead atoms. The maximum Gasteiger partial charge on any atom is 0.143 e. The molecule has 0 saturated heterocycles. The summed E-state index contributed by atoms with van der Waals surface area (Å²) < 4.78 is 6.68. The molecule has 182 valence electrons. The molecular weight excluding hydrogens is 478 g/mol. The Kier molecular flexibility index (Phi) is 5.46. The molecule has 0 unspecified atom stereocenters. The molecule has 0 aliphatic carbocycles. The second kappa shape index (κ2) is 9.41. The van der Waals surface area contributed by atoms with Crippen LogP contribution in [0.3, 0.4) is 0 Å². The van der Waals surface area contributed by atoms with E-state index in [0.717, 1.165) is 66.4 Å². The van der Waals surface area contributed by atoms with Crippen LogP contribution in [0.15, 0.2) is 132 Å². The Morgan fingerprint density at radius 3 is 1.62 bits per heavy atom. The number of hydrogen-bond acceptors (Lipinski definition) is 4. The van der Waals surface area contributed by atoms with Gasteiger partial charge < -0.3 is 4.42 Å². The number of nitriles is 1. The van der Waals surface area contributed by atoms with Crippen LogP contribution in [0, 0.1) is 11.3 Å². The maximum absolute atomic E-state index is 9.43. The van der Waals surface area contributed by atoms with Crippen molar-refractivity contribution in [2.45, 2.75) is 0 Å². The number of benzene rings is 4. The summed E-state index contributed by atoms with van der Waals surface area (Å²) in [6, 6.07) is 37.0. The Bertz CT molecular complexity index is 1960. The van der Waals surface area contributed by atoms with Crippen molar-refractivity contribution in [1.29, 1.82) is 5.26 Å². The van der Waals surface area contributed by atoms with Crippen LogP contribution >= 0.6 is 0 Å². The summed E-state index contributed by atoms with van der Waals surface area (Å²) in [6.07, 6.45) is 7.34. The van der Waals surface area contributed by atoms with Gasteiger partial charge in [0.05, 0.1) is 11.6 Å². The molecule has 0 fully saturated rings. The highest BCUT2D eigenvalue weighted by Gasteiger charge is 2.17. The highest BCUT2D eigenvalue weighted by atomic mass is 16.3. The van der Waals surface area contributed by atoms with Gasteiger partial charge in [0.2, 0.25) is 0 Å². The molecule has 3 aromatic heterocycles. The first kappa shape index (κ1) is 22.7. The van der Waals surface area contributed by atoms with E-state index in [2.05, 4.69) is 70.6 Å². The van der Waals surface area contributed by atoms with Gasteiger partial charge in [-0.15, -0.1) is 0 Å². The van der Waals surface area contributed by atoms with E-state index in [1.807, 2.05) is 60.9 Å². The van der Waals surface area contributed by atoms with Crippen LogP contribution in [0.2, 0.25) is 0 Å². The molecule has 0 atom stereocenters. The first-order chi connectivity index (χ1) is 19.3. The molecule has 0 N–H and O–H groups in total. The van der Waals surface area contributed by atoms with Crippen molar-refractivity contribution in [2.24, 2.45) is 0 Å². The molecule has 7 aromatic rings. The van der Waals surface area contributed by atoms with Crippen molar-refractivity contribution in [2.75, 3.05) is 0 Å². The van der Waals surface area contributed by atoms with E-state index in [1.54, 1.807) is 12.4 Å². The van der Waals surface area contributed by atoms with E-state index in [1.165, 1.54) is 0 Å². The third-order valence-corrected chi connectivity index (χ3v) is 7.06. The van der Waals surface area contributed by atoms with E-state index < -0.39 is 0 Å². The lowest BCUT2D eigenvalue weighted by Crippen LogP contribution is -1.87. The molecule has 0 saturated carbocycles. The standard InChI is InChI=1S/C35H21N3O/c36-20-23-6-1-7-24(16-23)30-10-2-12-32-33-13-3-11-31(35(33)39-34(30)32)29-18-27(25-8-4-14-37-21-25)17-28(19-29)26-9-5-15-38-22-26/h1-19,21-22H. The molecule has 4 heteroatoms. The molecule has 4 aromatic carbocycles. The summed E-state index contributed by atoms with van der Waals surface area (Å²) in [4.78, 5) is 8.69. The monoisotopic (exact) mass is 499 g/mol. The van der Waals surface area contributed by atoms with Crippen LogP contribution < -0.4 is 0 Å². The number of pyridine rings is 2. The van der Waals surface area contributed by atoms with Crippen molar-refractivity contribution in [3.8, 4) is 50.6 Å². The van der Waals surface area contributed by atoms with Gasteiger partial charge in [0.1, 0.15) is 11.2 Å². The molecule has 4 nitrogen and oxygen atoms in total. The molecule has 7 rings (SSSR count). The van der Waals surface area contributed by atoms with Gasteiger partial charge in [-0.1, -0.05) is 60.7 Å². The number of hydrogen-bond donors (Lipinski definition) is 0. The third-order valence-electron chi connectivity index (χ3n) is 7.06. The van der Waals surface area contributed by atoms with Crippen LogP contribution in [-0.2, 0) is 0 Å². The Morgan fingerprint density at radius 1 is 0.513 bits per heavy atom. The Morgan fingerprint density at radius 2 is 1.05 bits per heavy atom. The molecule has 3 heterocycles. The zero-order valence-electron chi connectivity index (χ0n) is 20.9. The Labute approximate surface area is 225 Å². The van der Waals surface area contributed by atoms with Crippen LogP contribution in [0.1, 0.15) is 5.56 Å². The minimum absolute atomic E-state index is 0.622. The predicted molar refractivity (Wildman–Crippen MR) is 156 cm³/mol. The number of fused-ring (bicyclic) bond motifs is 3. The van der Waals surface area contributed by atoms with Gasteiger partial charge >= 0.3 is 0 Å². The number of aromatic nitrogens is 2. The molecule has 39 heavy (non-hydrogen) atoms. The first-order valence-electron chi connectivity index (χ1n) is 12.7. The van der Waals surface area contributed by atoms with Crippen molar-refractivity contribution < 1.29 is 4.42 Å². The normalized spacial score (nSPS) is 11.1. The number of nitrogens with zero attached hydrogens (tertiary/aromatic N) is 3. The topological polar surface area (TPSA) is 62.7 Å². The largest absolute Gasteiger partial charge is 0.455 e. The van der Waals surface area contributed by atoms with Gasteiger partial charge in [-0.25, -0.2) is 0 Å². The smallest absolute Gasteiger partial charge is 0.143 e. The van der Waals surface area contributed by atoms with Crippen LogP contribution in [-0.4, -0.2) is 9.97 Å². The van der Waals surface area contributed by atoms with E-state index >= 15 is 0 Å². The lowest BCUT2D eigenvalue weighted by Gasteiger charge is -2.11. The predicted octanol–water partition coefficient (Wildman–Crippen LogP) is 8.92.